The van der Waals surface area contributed by atoms with Gasteiger partial charge in [-0.25, -0.2) is 4.79 Å². The van der Waals surface area contributed by atoms with Crippen LogP contribution in [0.25, 0.3) is 0 Å². The Bertz CT molecular complexity index is 609. The van der Waals surface area contributed by atoms with Gasteiger partial charge >= 0.3 is 6.03 Å². The maximum Gasteiger partial charge on any atom is 0.315 e. The summed E-state index contributed by atoms with van der Waals surface area (Å²) >= 11 is 0. The first kappa shape index (κ1) is 19.3. The summed E-state index contributed by atoms with van der Waals surface area (Å²) in [5, 5.41) is 5.73. The Hall–Kier alpha value is -2.03. The molecule has 25 heavy (non-hydrogen) atoms. The van der Waals surface area contributed by atoms with Crippen molar-refractivity contribution in [1.29, 1.82) is 0 Å². The topological polar surface area (TPSA) is 53.6 Å². The number of benzene rings is 1. The van der Waals surface area contributed by atoms with Crippen molar-refractivity contribution in [2.45, 2.75) is 45.4 Å². The quantitative estimate of drug-likeness (QED) is 0.825. The molecule has 0 radical (unpaired) electrons. The Balaban J connectivity index is 1.74. The molecule has 1 aromatic rings. The first-order valence-electron chi connectivity index (χ1n) is 8.83. The molecule has 0 aromatic heterocycles. The predicted octanol–water partition coefficient (Wildman–Crippen LogP) is 2.23. The number of rotatable bonds is 4. The standard InChI is InChI=1S/C20H29N3O2/c1-16-13-23(14-17(2)25-16)20(3,4)15-22-19(24)21-12-8-11-18-9-6-5-7-10-18/h5-7,9-10,16-17H,12-15H2,1-4H3,(H2,21,22,24)/t16-,17-/m0/s1. The van der Waals surface area contributed by atoms with Gasteiger partial charge in [0.05, 0.1) is 18.8 Å². The van der Waals surface area contributed by atoms with E-state index in [0.717, 1.165) is 18.7 Å². The van der Waals surface area contributed by atoms with E-state index in [1.165, 1.54) is 0 Å². The summed E-state index contributed by atoms with van der Waals surface area (Å²) in [5.74, 6) is 5.97. The molecule has 1 fully saturated rings. The molecule has 0 unspecified atom stereocenters. The van der Waals surface area contributed by atoms with Crippen LogP contribution in [0.1, 0.15) is 33.3 Å². The molecule has 2 rings (SSSR count). The van der Waals surface area contributed by atoms with E-state index in [0.29, 0.717) is 13.1 Å². The average Bonchev–Trinajstić information content (AvgIpc) is 2.57. The number of ether oxygens (including phenoxy) is 1. The van der Waals surface area contributed by atoms with Gasteiger partial charge in [-0.05, 0) is 39.8 Å². The zero-order chi connectivity index (χ0) is 18.3. The fourth-order valence-corrected chi connectivity index (χ4v) is 2.94. The maximum atomic E-state index is 12.0. The smallest absolute Gasteiger partial charge is 0.315 e. The first-order chi connectivity index (χ1) is 11.9. The van der Waals surface area contributed by atoms with Crippen LogP contribution in [0.3, 0.4) is 0 Å². The average molecular weight is 343 g/mol. The molecule has 1 aliphatic rings. The van der Waals surface area contributed by atoms with Gasteiger partial charge in [-0.15, -0.1) is 0 Å². The van der Waals surface area contributed by atoms with E-state index in [1.54, 1.807) is 0 Å². The third-order valence-electron chi connectivity index (χ3n) is 4.30. The highest BCUT2D eigenvalue weighted by Crippen LogP contribution is 2.20. The zero-order valence-electron chi connectivity index (χ0n) is 15.6. The lowest BCUT2D eigenvalue weighted by atomic mass is 10.0. The number of hydrogen-bond donors (Lipinski definition) is 2. The second-order valence-electron chi connectivity index (χ2n) is 7.18. The van der Waals surface area contributed by atoms with Crippen molar-refractivity contribution in [3.05, 3.63) is 35.9 Å². The normalized spacial score (nSPS) is 21.1. The van der Waals surface area contributed by atoms with Gasteiger partial charge in [-0.3, -0.25) is 4.90 Å². The summed E-state index contributed by atoms with van der Waals surface area (Å²) in [6, 6.07) is 9.54. The van der Waals surface area contributed by atoms with Crippen molar-refractivity contribution in [3.63, 3.8) is 0 Å². The molecule has 0 aliphatic carbocycles. The molecular weight excluding hydrogens is 314 g/mol. The summed E-state index contributed by atoms with van der Waals surface area (Å²) in [5.41, 5.74) is 0.820. The molecule has 0 spiro atoms. The number of carbonyl (C=O) groups is 1. The van der Waals surface area contributed by atoms with Crippen LogP contribution in [0.15, 0.2) is 30.3 Å². The van der Waals surface area contributed by atoms with E-state index < -0.39 is 0 Å². The molecule has 1 heterocycles. The fraction of sp³-hybridized carbons (Fsp3) is 0.550. The van der Waals surface area contributed by atoms with Crippen molar-refractivity contribution in [2.24, 2.45) is 0 Å². The molecule has 1 aromatic carbocycles. The van der Waals surface area contributed by atoms with Gasteiger partial charge in [0.25, 0.3) is 0 Å². The monoisotopic (exact) mass is 343 g/mol. The highest BCUT2D eigenvalue weighted by molar-refractivity contribution is 5.74. The molecule has 2 atom stereocenters. The fourth-order valence-electron chi connectivity index (χ4n) is 2.94. The van der Waals surface area contributed by atoms with Crippen LogP contribution in [0, 0.1) is 11.8 Å². The predicted molar refractivity (Wildman–Crippen MR) is 100 cm³/mol. The van der Waals surface area contributed by atoms with Gasteiger partial charge in [0.15, 0.2) is 0 Å². The summed E-state index contributed by atoms with van der Waals surface area (Å²) in [4.78, 5) is 14.4. The summed E-state index contributed by atoms with van der Waals surface area (Å²) in [7, 11) is 0. The van der Waals surface area contributed by atoms with Gasteiger partial charge in [0.1, 0.15) is 0 Å². The second kappa shape index (κ2) is 8.89. The van der Waals surface area contributed by atoms with Gasteiger partial charge < -0.3 is 15.4 Å². The van der Waals surface area contributed by atoms with Crippen molar-refractivity contribution >= 4 is 6.03 Å². The third kappa shape index (κ3) is 6.41. The van der Waals surface area contributed by atoms with Crippen molar-refractivity contribution < 1.29 is 9.53 Å². The lowest BCUT2D eigenvalue weighted by Gasteiger charge is -2.45. The Morgan fingerprint density at radius 3 is 2.48 bits per heavy atom. The summed E-state index contributed by atoms with van der Waals surface area (Å²) < 4.78 is 5.78. The Morgan fingerprint density at radius 2 is 1.84 bits per heavy atom. The Kier molecular flexibility index (Phi) is 6.86. The molecule has 0 bridgehead atoms. The van der Waals surface area contributed by atoms with Crippen molar-refractivity contribution in [1.82, 2.24) is 15.5 Å². The van der Waals surface area contributed by atoms with E-state index >= 15 is 0 Å². The van der Waals surface area contributed by atoms with E-state index in [-0.39, 0.29) is 23.8 Å². The van der Waals surface area contributed by atoms with Gasteiger partial charge in [-0.1, -0.05) is 30.0 Å². The van der Waals surface area contributed by atoms with E-state index in [4.69, 9.17) is 4.74 Å². The van der Waals surface area contributed by atoms with E-state index in [9.17, 15) is 4.79 Å². The summed E-state index contributed by atoms with van der Waals surface area (Å²) in [6.07, 6.45) is 0.426. The molecule has 5 heteroatoms. The van der Waals surface area contributed by atoms with Gasteiger partial charge in [0.2, 0.25) is 0 Å². The molecule has 0 saturated carbocycles. The number of urea groups is 1. The largest absolute Gasteiger partial charge is 0.373 e. The van der Waals surface area contributed by atoms with Crippen molar-refractivity contribution in [2.75, 3.05) is 26.2 Å². The number of morpholine rings is 1. The van der Waals surface area contributed by atoms with Crippen LogP contribution < -0.4 is 10.6 Å². The van der Waals surface area contributed by atoms with Crippen molar-refractivity contribution in [3.8, 4) is 11.8 Å². The minimum Gasteiger partial charge on any atom is -0.373 e. The molecule has 136 valence electrons. The lowest BCUT2D eigenvalue weighted by Crippen LogP contribution is -2.59. The highest BCUT2D eigenvalue weighted by Gasteiger charge is 2.33. The molecule has 2 N–H and O–H groups in total. The number of carbonyl (C=O) groups excluding carboxylic acids is 1. The first-order valence-corrected chi connectivity index (χ1v) is 8.83. The molecular formula is C20H29N3O2. The summed E-state index contributed by atoms with van der Waals surface area (Å²) in [6.45, 7) is 11.1. The van der Waals surface area contributed by atoms with Gasteiger partial charge in [0, 0.05) is 30.7 Å². The minimum atomic E-state index is -0.190. The van der Waals surface area contributed by atoms with Gasteiger partial charge in [-0.2, -0.15) is 0 Å². The van der Waals surface area contributed by atoms with Crippen LogP contribution in [-0.2, 0) is 4.74 Å². The number of nitrogens with one attached hydrogen (secondary N) is 2. The van der Waals surface area contributed by atoms with Crippen LogP contribution >= 0.6 is 0 Å². The highest BCUT2D eigenvalue weighted by atomic mass is 16.5. The van der Waals surface area contributed by atoms with Crippen LogP contribution in [0.4, 0.5) is 4.79 Å². The van der Waals surface area contributed by atoms with Crippen LogP contribution in [0.5, 0.6) is 0 Å². The van der Waals surface area contributed by atoms with E-state index in [1.807, 2.05) is 30.3 Å². The zero-order valence-corrected chi connectivity index (χ0v) is 15.6. The Morgan fingerprint density at radius 1 is 1.20 bits per heavy atom. The van der Waals surface area contributed by atoms with Crippen LogP contribution in [-0.4, -0.2) is 54.9 Å². The Labute approximate surface area is 151 Å². The van der Waals surface area contributed by atoms with E-state index in [2.05, 4.69) is 55.1 Å². The number of hydrogen-bond acceptors (Lipinski definition) is 3. The molecule has 2 amide bonds. The second-order valence-corrected chi connectivity index (χ2v) is 7.18. The minimum absolute atomic E-state index is 0.126. The molecule has 1 aliphatic heterocycles. The number of nitrogens with zero attached hydrogens (tertiary/aromatic N) is 1. The molecule has 1 saturated heterocycles. The lowest BCUT2D eigenvalue weighted by molar-refractivity contribution is -0.0947. The number of amides is 2. The third-order valence-corrected chi connectivity index (χ3v) is 4.30. The van der Waals surface area contributed by atoms with Crippen LogP contribution in [0.2, 0.25) is 0 Å². The molecule has 5 nitrogen and oxygen atoms in total. The maximum absolute atomic E-state index is 12.0. The SMILES string of the molecule is C[C@H]1CN(C(C)(C)CNC(=O)NCC#Cc2ccccc2)C[C@H](C)O1.